The number of fused-ring (bicyclic) bond motifs is 3. The number of nitrogens with zero attached hydrogens (tertiary/aromatic N) is 2. The molecule has 0 aromatic carbocycles. The molecule has 0 amide bonds. The van der Waals surface area contributed by atoms with Gasteiger partial charge in [-0.05, 0) is 44.8 Å². The molecule has 2 heterocycles. The van der Waals surface area contributed by atoms with Crippen LogP contribution in [0.15, 0.2) is 4.79 Å². The number of likely N-dealkylation sites (N-methyl/N-ethyl adjacent to an activating group) is 1. The van der Waals surface area contributed by atoms with E-state index in [1.54, 1.807) is 11.3 Å². The number of thiophene rings is 1. The Bertz CT molecular complexity index is 719. The van der Waals surface area contributed by atoms with Crippen molar-refractivity contribution in [2.24, 2.45) is 5.92 Å². The van der Waals surface area contributed by atoms with E-state index in [2.05, 4.69) is 27.1 Å². The number of aryl methyl sites for hydroxylation is 1. The lowest BCUT2D eigenvalue weighted by Crippen LogP contribution is -2.27. The van der Waals surface area contributed by atoms with Crippen molar-refractivity contribution in [3.8, 4) is 0 Å². The number of aromatic nitrogens is 2. The molecule has 0 saturated heterocycles. The van der Waals surface area contributed by atoms with Crippen molar-refractivity contribution in [2.75, 3.05) is 27.2 Å². The van der Waals surface area contributed by atoms with Crippen LogP contribution in [0.5, 0.6) is 0 Å². The van der Waals surface area contributed by atoms with Crippen LogP contribution >= 0.6 is 11.3 Å². The van der Waals surface area contributed by atoms with Gasteiger partial charge in [0.15, 0.2) is 0 Å². The Morgan fingerprint density at radius 2 is 2.27 bits per heavy atom. The number of hydrogen-bond donors (Lipinski definition) is 2. The molecule has 1 aliphatic rings. The predicted octanol–water partition coefficient (Wildman–Crippen LogP) is 1.76. The summed E-state index contributed by atoms with van der Waals surface area (Å²) in [5.41, 5.74) is 1.28. The molecule has 6 heteroatoms. The normalized spacial score (nSPS) is 18.1. The summed E-state index contributed by atoms with van der Waals surface area (Å²) in [6.45, 7) is 4.74. The number of hydrogen-bond acceptors (Lipinski definition) is 5. The maximum absolute atomic E-state index is 12.4. The Kier molecular flexibility index (Phi) is 4.61. The Hall–Kier alpha value is -1.24. The third-order valence-electron chi connectivity index (χ3n) is 4.24. The molecule has 0 aliphatic heterocycles. The number of rotatable bonds is 5. The Balaban J connectivity index is 1.82. The zero-order valence-electron chi connectivity index (χ0n) is 13.5. The molecule has 1 aliphatic carbocycles. The highest BCUT2D eigenvalue weighted by atomic mass is 32.1. The van der Waals surface area contributed by atoms with Crippen LogP contribution < -0.4 is 10.9 Å². The summed E-state index contributed by atoms with van der Waals surface area (Å²) in [5.74, 6) is 1.45. The highest BCUT2D eigenvalue weighted by molar-refractivity contribution is 7.18. The van der Waals surface area contributed by atoms with E-state index in [9.17, 15) is 4.79 Å². The highest BCUT2D eigenvalue weighted by Gasteiger charge is 2.22. The summed E-state index contributed by atoms with van der Waals surface area (Å²) in [6.07, 6.45) is 3.28. The maximum Gasteiger partial charge on any atom is 0.259 e. The van der Waals surface area contributed by atoms with E-state index < -0.39 is 0 Å². The van der Waals surface area contributed by atoms with Crippen molar-refractivity contribution in [1.82, 2.24) is 20.2 Å². The number of H-pyrrole nitrogens is 1. The first kappa shape index (κ1) is 15.6. The van der Waals surface area contributed by atoms with Crippen molar-refractivity contribution in [3.05, 3.63) is 26.6 Å². The zero-order chi connectivity index (χ0) is 15.7. The van der Waals surface area contributed by atoms with Crippen LogP contribution in [0.2, 0.25) is 0 Å². The van der Waals surface area contributed by atoms with Gasteiger partial charge < -0.3 is 15.2 Å². The Morgan fingerprint density at radius 3 is 3.05 bits per heavy atom. The molecule has 0 saturated carbocycles. The van der Waals surface area contributed by atoms with Crippen LogP contribution in [0.3, 0.4) is 0 Å². The molecule has 0 bridgehead atoms. The lowest BCUT2D eigenvalue weighted by Gasteiger charge is -2.17. The maximum atomic E-state index is 12.4. The monoisotopic (exact) mass is 320 g/mol. The number of aromatic amines is 1. The zero-order valence-corrected chi connectivity index (χ0v) is 14.3. The summed E-state index contributed by atoms with van der Waals surface area (Å²) < 4.78 is 0. The summed E-state index contributed by atoms with van der Waals surface area (Å²) in [4.78, 5) is 24.5. The van der Waals surface area contributed by atoms with Gasteiger partial charge in [0, 0.05) is 18.0 Å². The molecule has 0 fully saturated rings. The molecule has 5 nitrogen and oxygen atoms in total. The van der Waals surface area contributed by atoms with Gasteiger partial charge in [0.25, 0.3) is 5.56 Å². The van der Waals surface area contributed by atoms with Crippen molar-refractivity contribution in [3.63, 3.8) is 0 Å². The van der Waals surface area contributed by atoms with Gasteiger partial charge >= 0.3 is 0 Å². The molecule has 0 spiro atoms. The van der Waals surface area contributed by atoms with Gasteiger partial charge in [-0.3, -0.25) is 4.79 Å². The first-order valence-electron chi connectivity index (χ1n) is 7.93. The molecule has 22 heavy (non-hydrogen) atoms. The molecule has 2 N–H and O–H groups in total. The van der Waals surface area contributed by atoms with E-state index in [4.69, 9.17) is 0 Å². The fourth-order valence-electron chi connectivity index (χ4n) is 2.99. The third-order valence-corrected chi connectivity index (χ3v) is 5.39. The minimum atomic E-state index is 0.0291. The molecule has 1 atom stereocenters. The molecule has 0 radical (unpaired) electrons. The second-order valence-corrected chi connectivity index (χ2v) is 7.61. The van der Waals surface area contributed by atoms with Crippen LogP contribution in [-0.4, -0.2) is 42.1 Å². The van der Waals surface area contributed by atoms with Crippen molar-refractivity contribution < 1.29 is 0 Å². The predicted molar refractivity (Wildman–Crippen MR) is 91.7 cm³/mol. The second-order valence-electron chi connectivity index (χ2n) is 6.52. The van der Waals surface area contributed by atoms with Gasteiger partial charge in [-0.1, -0.05) is 6.92 Å². The first-order chi connectivity index (χ1) is 10.5. The van der Waals surface area contributed by atoms with E-state index >= 15 is 0 Å². The van der Waals surface area contributed by atoms with Gasteiger partial charge in [-0.15, -0.1) is 11.3 Å². The average Bonchev–Trinajstić information content (AvgIpc) is 2.81. The van der Waals surface area contributed by atoms with Crippen LogP contribution in [-0.2, 0) is 19.4 Å². The average molecular weight is 320 g/mol. The summed E-state index contributed by atoms with van der Waals surface area (Å²) in [5, 5.41) is 4.16. The second kappa shape index (κ2) is 6.48. The lowest BCUT2D eigenvalue weighted by atomic mass is 9.89. The Morgan fingerprint density at radius 1 is 1.45 bits per heavy atom. The summed E-state index contributed by atoms with van der Waals surface area (Å²) >= 11 is 1.71. The van der Waals surface area contributed by atoms with Crippen molar-refractivity contribution in [2.45, 2.75) is 32.7 Å². The van der Waals surface area contributed by atoms with Crippen molar-refractivity contribution in [1.29, 1.82) is 0 Å². The Labute approximate surface area is 134 Å². The summed E-state index contributed by atoms with van der Waals surface area (Å²) in [6, 6.07) is 0. The minimum absolute atomic E-state index is 0.0291. The fourth-order valence-corrected chi connectivity index (χ4v) is 4.39. The van der Waals surface area contributed by atoms with E-state index in [-0.39, 0.29) is 5.56 Å². The standard InChI is InChI=1S/C16H24N4OS/c1-10-4-5-11-12(8-10)22-16-14(11)15(21)18-13(19-16)9-17-6-7-20(2)3/h10,17H,4-9H2,1-3H3,(H,18,19,21). The van der Waals surface area contributed by atoms with Gasteiger partial charge in [0.1, 0.15) is 10.7 Å². The van der Waals surface area contributed by atoms with E-state index in [0.717, 1.165) is 42.0 Å². The molecule has 120 valence electrons. The molecule has 2 aromatic heterocycles. The minimum Gasteiger partial charge on any atom is -0.309 e. The fraction of sp³-hybridized carbons (Fsp3) is 0.625. The van der Waals surface area contributed by atoms with E-state index in [0.29, 0.717) is 12.5 Å². The van der Waals surface area contributed by atoms with Crippen molar-refractivity contribution >= 4 is 21.6 Å². The highest BCUT2D eigenvalue weighted by Crippen LogP contribution is 2.35. The van der Waals surface area contributed by atoms with E-state index in [1.165, 1.54) is 16.9 Å². The summed E-state index contributed by atoms with van der Waals surface area (Å²) in [7, 11) is 4.09. The first-order valence-corrected chi connectivity index (χ1v) is 8.75. The largest absolute Gasteiger partial charge is 0.309 e. The van der Waals surface area contributed by atoms with Crippen LogP contribution in [0.25, 0.3) is 10.2 Å². The van der Waals surface area contributed by atoms with Crippen LogP contribution in [0.4, 0.5) is 0 Å². The lowest BCUT2D eigenvalue weighted by molar-refractivity contribution is 0.399. The SMILES string of the molecule is CC1CCc2c(sc3nc(CNCCN(C)C)[nH]c(=O)c23)C1. The molecular formula is C16H24N4OS. The van der Waals surface area contributed by atoms with Gasteiger partial charge in [-0.2, -0.15) is 0 Å². The molecular weight excluding hydrogens is 296 g/mol. The molecule has 1 unspecified atom stereocenters. The third kappa shape index (κ3) is 3.24. The van der Waals surface area contributed by atoms with Gasteiger partial charge in [0.2, 0.25) is 0 Å². The van der Waals surface area contributed by atoms with Gasteiger partial charge in [0.05, 0.1) is 11.9 Å². The van der Waals surface area contributed by atoms with Crippen LogP contribution in [0.1, 0.15) is 29.6 Å². The van der Waals surface area contributed by atoms with Crippen LogP contribution in [0, 0.1) is 5.92 Å². The quantitative estimate of drug-likeness (QED) is 0.824. The van der Waals surface area contributed by atoms with Gasteiger partial charge in [-0.25, -0.2) is 4.98 Å². The smallest absolute Gasteiger partial charge is 0.259 e. The molecule has 2 aromatic rings. The number of nitrogens with one attached hydrogen (secondary N) is 2. The van der Waals surface area contributed by atoms with E-state index in [1.807, 2.05) is 14.1 Å². The topological polar surface area (TPSA) is 61.0 Å². The molecule has 3 rings (SSSR count).